The van der Waals surface area contributed by atoms with Crippen LogP contribution in [0, 0.1) is 0 Å². The van der Waals surface area contributed by atoms with Crippen LogP contribution in [0.15, 0.2) is 42.6 Å². The molecule has 16 heavy (non-hydrogen) atoms. The molecule has 0 N–H and O–H groups in total. The maximum atomic E-state index is 4.47. The minimum Gasteiger partial charge on any atom is -0.336 e. The third kappa shape index (κ3) is 0.941. The zero-order valence-electron chi connectivity index (χ0n) is 8.93. The quantitative estimate of drug-likeness (QED) is 0.661. The van der Waals surface area contributed by atoms with E-state index in [4.69, 9.17) is 0 Å². The van der Waals surface area contributed by atoms with Gasteiger partial charge in [-0.05, 0) is 30.2 Å². The highest BCUT2D eigenvalue weighted by Crippen LogP contribution is 2.44. The third-order valence-corrected chi connectivity index (χ3v) is 3.63. The van der Waals surface area contributed by atoms with E-state index in [0.717, 1.165) is 12.8 Å². The Hall–Kier alpha value is -1.83. The molecule has 2 nitrogen and oxygen atoms in total. The number of rotatable bonds is 0. The molecule has 0 radical (unpaired) electrons. The van der Waals surface area contributed by atoms with E-state index in [1.54, 1.807) is 0 Å². The SMILES string of the molecule is c1ccc2c(c1)CC1Cc3ncccc3N21. The van der Waals surface area contributed by atoms with Crippen molar-refractivity contribution in [3.05, 3.63) is 53.9 Å². The summed E-state index contributed by atoms with van der Waals surface area (Å²) in [5, 5.41) is 0. The number of fused-ring (bicyclic) bond motifs is 5. The average molecular weight is 208 g/mol. The molecule has 1 aromatic heterocycles. The van der Waals surface area contributed by atoms with Crippen molar-refractivity contribution in [2.24, 2.45) is 0 Å². The normalized spacial score (nSPS) is 20.5. The molecule has 0 fully saturated rings. The summed E-state index contributed by atoms with van der Waals surface area (Å²) in [5.41, 5.74) is 5.40. The lowest BCUT2D eigenvalue weighted by atomic mass is 10.1. The van der Waals surface area contributed by atoms with Gasteiger partial charge in [-0.2, -0.15) is 0 Å². The molecule has 3 heterocycles. The third-order valence-electron chi connectivity index (χ3n) is 3.63. The van der Waals surface area contributed by atoms with Crippen LogP contribution in [0.4, 0.5) is 11.4 Å². The molecular weight excluding hydrogens is 196 g/mol. The van der Waals surface area contributed by atoms with E-state index in [2.05, 4.69) is 40.2 Å². The van der Waals surface area contributed by atoms with Gasteiger partial charge in [0, 0.05) is 24.3 Å². The Morgan fingerprint density at radius 1 is 1.00 bits per heavy atom. The fourth-order valence-corrected chi connectivity index (χ4v) is 2.98. The van der Waals surface area contributed by atoms with Gasteiger partial charge < -0.3 is 4.90 Å². The topological polar surface area (TPSA) is 16.1 Å². The van der Waals surface area contributed by atoms with Gasteiger partial charge in [-0.15, -0.1) is 0 Å². The van der Waals surface area contributed by atoms with Crippen LogP contribution in [0.2, 0.25) is 0 Å². The molecule has 0 saturated heterocycles. The van der Waals surface area contributed by atoms with Crippen molar-refractivity contribution >= 4 is 11.4 Å². The molecule has 0 spiro atoms. The lowest BCUT2D eigenvalue weighted by molar-refractivity contribution is 0.718. The number of aromatic nitrogens is 1. The van der Waals surface area contributed by atoms with Crippen LogP contribution < -0.4 is 4.90 Å². The molecule has 1 unspecified atom stereocenters. The predicted octanol–water partition coefficient (Wildman–Crippen LogP) is 2.70. The van der Waals surface area contributed by atoms with Crippen LogP contribution in [-0.2, 0) is 12.8 Å². The summed E-state index contributed by atoms with van der Waals surface area (Å²) in [6.07, 6.45) is 4.14. The van der Waals surface area contributed by atoms with E-state index in [1.807, 2.05) is 12.3 Å². The van der Waals surface area contributed by atoms with Gasteiger partial charge in [-0.1, -0.05) is 18.2 Å². The maximum absolute atomic E-state index is 4.47. The molecule has 78 valence electrons. The summed E-state index contributed by atoms with van der Waals surface area (Å²) in [6.45, 7) is 0. The van der Waals surface area contributed by atoms with Crippen molar-refractivity contribution in [2.75, 3.05) is 4.90 Å². The van der Waals surface area contributed by atoms with Gasteiger partial charge in [0.15, 0.2) is 0 Å². The number of para-hydroxylation sites is 1. The van der Waals surface area contributed by atoms with Crippen molar-refractivity contribution in [3.63, 3.8) is 0 Å². The van der Waals surface area contributed by atoms with Crippen molar-refractivity contribution in [1.82, 2.24) is 4.98 Å². The average Bonchev–Trinajstić information content (AvgIpc) is 2.83. The van der Waals surface area contributed by atoms with Crippen LogP contribution in [0.3, 0.4) is 0 Å². The van der Waals surface area contributed by atoms with Crippen LogP contribution in [0.1, 0.15) is 11.3 Å². The largest absolute Gasteiger partial charge is 0.336 e. The molecule has 4 rings (SSSR count). The number of hydrogen-bond donors (Lipinski definition) is 0. The zero-order valence-corrected chi connectivity index (χ0v) is 8.93. The van der Waals surface area contributed by atoms with Gasteiger partial charge in [0.2, 0.25) is 0 Å². The molecule has 2 aliphatic heterocycles. The maximum Gasteiger partial charge on any atom is 0.0661 e. The summed E-state index contributed by atoms with van der Waals surface area (Å²) >= 11 is 0. The molecule has 1 atom stereocenters. The fraction of sp³-hybridized carbons (Fsp3) is 0.214. The van der Waals surface area contributed by atoms with Gasteiger partial charge in [0.05, 0.1) is 11.4 Å². The van der Waals surface area contributed by atoms with Crippen LogP contribution in [0.5, 0.6) is 0 Å². The molecule has 0 bridgehead atoms. The van der Waals surface area contributed by atoms with E-state index in [-0.39, 0.29) is 0 Å². The molecular formula is C14H12N2. The van der Waals surface area contributed by atoms with E-state index in [0.29, 0.717) is 6.04 Å². The first-order chi connectivity index (χ1) is 7.93. The standard InChI is InChI=1S/C14H12N2/c1-2-5-13-10(4-1)8-11-9-12-14(16(11)13)6-3-7-15-12/h1-7,11H,8-9H2. The van der Waals surface area contributed by atoms with Gasteiger partial charge in [0.25, 0.3) is 0 Å². The molecule has 0 amide bonds. The van der Waals surface area contributed by atoms with E-state index >= 15 is 0 Å². The smallest absolute Gasteiger partial charge is 0.0661 e. The van der Waals surface area contributed by atoms with Gasteiger partial charge in [-0.3, -0.25) is 4.98 Å². The second kappa shape index (κ2) is 2.85. The number of hydrogen-bond acceptors (Lipinski definition) is 2. The molecule has 0 saturated carbocycles. The summed E-state index contributed by atoms with van der Waals surface area (Å²) in [7, 11) is 0. The Balaban J connectivity index is 1.93. The van der Waals surface area contributed by atoms with Gasteiger partial charge in [0.1, 0.15) is 0 Å². The molecule has 1 aromatic carbocycles. The number of benzene rings is 1. The molecule has 2 heteroatoms. The lowest BCUT2D eigenvalue weighted by Crippen LogP contribution is -2.22. The minimum absolute atomic E-state index is 0.599. The Morgan fingerprint density at radius 3 is 2.88 bits per heavy atom. The van der Waals surface area contributed by atoms with Crippen molar-refractivity contribution < 1.29 is 0 Å². The minimum atomic E-state index is 0.599. The highest BCUT2D eigenvalue weighted by molar-refractivity contribution is 5.75. The first-order valence-electron chi connectivity index (χ1n) is 5.74. The molecule has 2 aliphatic rings. The van der Waals surface area contributed by atoms with Gasteiger partial charge in [-0.25, -0.2) is 0 Å². The second-order valence-electron chi connectivity index (χ2n) is 4.53. The molecule has 0 aliphatic carbocycles. The second-order valence-corrected chi connectivity index (χ2v) is 4.53. The van der Waals surface area contributed by atoms with E-state index in [1.165, 1.54) is 22.6 Å². The zero-order chi connectivity index (χ0) is 10.5. The van der Waals surface area contributed by atoms with Gasteiger partial charge >= 0.3 is 0 Å². The number of nitrogens with zero attached hydrogens (tertiary/aromatic N) is 2. The Labute approximate surface area is 94.6 Å². The first-order valence-corrected chi connectivity index (χ1v) is 5.74. The Bertz CT molecular complexity index is 513. The summed E-state index contributed by atoms with van der Waals surface area (Å²) in [4.78, 5) is 6.93. The highest BCUT2D eigenvalue weighted by Gasteiger charge is 2.37. The summed E-state index contributed by atoms with van der Waals surface area (Å²) in [5.74, 6) is 0. The fourth-order valence-electron chi connectivity index (χ4n) is 2.98. The van der Waals surface area contributed by atoms with Crippen molar-refractivity contribution in [2.45, 2.75) is 18.9 Å². The van der Waals surface area contributed by atoms with Crippen molar-refractivity contribution in [1.29, 1.82) is 0 Å². The Kier molecular flexibility index (Phi) is 1.48. The predicted molar refractivity (Wildman–Crippen MR) is 64.0 cm³/mol. The van der Waals surface area contributed by atoms with Crippen LogP contribution in [0.25, 0.3) is 0 Å². The summed E-state index contributed by atoms with van der Waals surface area (Å²) in [6, 6.07) is 13.5. The van der Waals surface area contributed by atoms with E-state index < -0.39 is 0 Å². The summed E-state index contributed by atoms with van der Waals surface area (Å²) < 4.78 is 0. The number of pyridine rings is 1. The highest BCUT2D eigenvalue weighted by atomic mass is 15.2. The monoisotopic (exact) mass is 208 g/mol. The lowest BCUT2D eigenvalue weighted by Gasteiger charge is -2.19. The van der Waals surface area contributed by atoms with E-state index in [9.17, 15) is 0 Å². The Morgan fingerprint density at radius 2 is 1.88 bits per heavy atom. The number of anilines is 2. The molecule has 2 aromatic rings. The van der Waals surface area contributed by atoms with Crippen LogP contribution in [-0.4, -0.2) is 11.0 Å². The first kappa shape index (κ1) is 8.34. The van der Waals surface area contributed by atoms with Crippen molar-refractivity contribution in [3.8, 4) is 0 Å². The van der Waals surface area contributed by atoms with Crippen LogP contribution >= 0.6 is 0 Å².